The van der Waals surface area contributed by atoms with Gasteiger partial charge in [0, 0.05) is 51.2 Å². The number of piperazine rings is 1. The molecule has 0 spiro atoms. The monoisotopic (exact) mass is 463 g/mol. The molecule has 7 nitrogen and oxygen atoms in total. The number of benzene rings is 1. The molecule has 1 aromatic carbocycles. The Labute approximate surface area is 201 Å². The van der Waals surface area contributed by atoms with E-state index in [1.807, 2.05) is 11.8 Å². The van der Waals surface area contributed by atoms with Crippen LogP contribution in [0.4, 0.5) is 5.95 Å². The molecule has 33 heavy (non-hydrogen) atoms. The molecule has 3 heterocycles. The number of nitrogens with zero attached hydrogens (tertiary/aromatic N) is 6. The van der Waals surface area contributed by atoms with Gasteiger partial charge in [-0.2, -0.15) is 5.26 Å². The zero-order valence-corrected chi connectivity index (χ0v) is 20.8. The van der Waals surface area contributed by atoms with Crippen molar-refractivity contribution in [3.63, 3.8) is 0 Å². The summed E-state index contributed by atoms with van der Waals surface area (Å²) in [6.45, 7) is 12.5. The molecule has 0 radical (unpaired) electrons. The fourth-order valence-corrected chi connectivity index (χ4v) is 5.11. The lowest BCUT2D eigenvalue weighted by Gasteiger charge is -2.36. The number of rotatable bonds is 6. The molecule has 2 aliphatic heterocycles. The number of anilines is 1. The Bertz CT molecular complexity index is 1010. The number of nitrogens with one attached hydrogen (secondary N) is 1. The maximum Gasteiger partial charge on any atom is 0.226 e. The highest BCUT2D eigenvalue weighted by Gasteiger charge is 2.26. The minimum Gasteiger partial charge on any atom is -0.360 e. The molecular formula is C25H33N7S. The lowest BCUT2D eigenvalue weighted by atomic mass is 9.96. The number of hydrogen-bond donors (Lipinski definition) is 1. The van der Waals surface area contributed by atoms with Gasteiger partial charge in [0.2, 0.25) is 5.95 Å². The minimum atomic E-state index is 0.0695. The van der Waals surface area contributed by atoms with Gasteiger partial charge in [-0.3, -0.25) is 4.90 Å². The van der Waals surface area contributed by atoms with Crippen LogP contribution in [0.2, 0.25) is 0 Å². The Morgan fingerprint density at radius 1 is 1.15 bits per heavy atom. The van der Waals surface area contributed by atoms with Gasteiger partial charge < -0.3 is 15.1 Å². The van der Waals surface area contributed by atoms with Gasteiger partial charge in [-0.1, -0.05) is 56.8 Å². The number of hydrogen-bond acceptors (Lipinski definition) is 8. The SMILES string of the molecule is CN1CCN(C2NC(c3ccc(CN(CC(C)(C)C)c4nccc(C#N)n4)cc3)=CS2)CC1. The van der Waals surface area contributed by atoms with E-state index in [1.165, 1.54) is 16.8 Å². The van der Waals surface area contributed by atoms with Gasteiger partial charge in [0.15, 0.2) is 0 Å². The van der Waals surface area contributed by atoms with Crippen LogP contribution in [0.1, 0.15) is 37.6 Å². The van der Waals surface area contributed by atoms with Crippen molar-refractivity contribution in [1.29, 1.82) is 5.26 Å². The third-order valence-electron chi connectivity index (χ3n) is 5.81. The second-order valence-corrected chi connectivity index (χ2v) is 10.9. The third-order valence-corrected chi connectivity index (χ3v) is 6.85. The molecule has 1 atom stereocenters. The molecule has 1 unspecified atom stereocenters. The van der Waals surface area contributed by atoms with Crippen molar-refractivity contribution in [2.75, 3.05) is 44.7 Å². The maximum atomic E-state index is 9.24. The summed E-state index contributed by atoms with van der Waals surface area (Å²) in [7, 11) is 2.19. The van der Waals surface area contributed by atoms with E-state index in [9.17, 15) is 5.26 Å². The van der Waals surface area contributed by atoms with E-state index in [4.69, 9.17) is 0 Å². The van der Waals surface area contributed by atoms with Gasteiger partial charge in [-0.05, 0) is 35.1 Å². The van der Waals surface area contributed by atoms with Crippen LogP contribution in [-0.2, 0) is 6.54 Å². The van der Waals surface area contributed by atoms with E-state index < -0.39 is 0 Å². The molecular weight excluding hydrogens is 430 g/mol. The summed E-state index contributed by atoms with van der Waals surface area (Å²) in [6.07, 6.45) is 1.66. The highest BCUT2D eigenvalue weighted by atomic mass is 32.2. The molecule has 1 fully saturated rings. The maximum absolute atomic E-state index is 9.24. The Morgan fingerprint density at radius 2 is 1.88 bits per heavy atom. The van der Waals surface area contributed by atoms with Gasteiger partial charge in [0.1, 0.15) is 17.3 Å². The van der Waals surface area contributed by atoms with E-state index in [1.54, 1.807) is 12.3 Å². The van der Waals surface area contributed by atoms with Crippen molar-refractivity contribution >= 4 is 23.4 Å². The Hall–Kier alpha value is -2.60. The van der Waals surface area contributed by atoms with Crippen molar-refractivity contribution in [1.82, 2.24) is 25.1 Å². The second kappa shape index (κ2) is 10.1. The molecule has 2 aromatic rings. The first kappa shape index (κ1) is 23.6. The quantitative estimate of drug-likeness (QED) is 0.697. The second-order valence-electron chi connectivity index (χ2n) is 9.97. The van der Waals surface area contributed by atoms with Crippen molar-refractivity contribution in [3.05, 3.63) is 58.8 Å². The molecule has 0 saturated carbocycles. The molecule has 4 rings (SSSR count). The molecule has 0 bridgehead atoms. The fraction of sp³-hybridized carbons (Fsp3) is 0.480. The number of aromatic nitrogens is 2. The van der Waals surface area contributed by atoms with Crippen LogP contribution >= 0.6 is 11.8 Å². The van der Waals surface area contributed by atoms with Gasteiger partial charge in [0.25, 0.3) is 0 Å². The molecule has 174 valence electrons. The molecule has 1 aromatic heterocycles. The van der Waals surface area contributed by atoms with E-state index in [0.717, 1.165) is 32.7 Å². The van der Waals surface area contributed by atoms with Gasteiger partial charge in [-0.15, -0.1) is 0 Å². The van der Waals surface area contributed by atoms with Crippen LogP contribution in [0, 0.1) is 16.7 Å². The largest absolute Gasteiger partial charge is 0.360 e. The summed E-state index contributed by atoms with van der Waals surface area (Å²) in [4.78, 5) is 15.9. The average Bonchev–Trinajstić information content (AvgIpc) is 3.29. The van der Waals surface area contributed by atoms with Gasteiger partial charge >= 0.3 is 0 Å². The summed E-state index contributed by atoms with van der Waals surface area (Å²) < 4.78 is 0. The standard InChI is InChI=1S/C25H33N7S/c1-25(2,3)18-32(23-27-10-9-21(15-26)28-23)16-19-5-7-20(8-6-19)22-17-33-24(29-22)31-13-11-30(4)12-14-31/h5-10,17,24,29H,11-14,16,18H2,1-4H3. The molecule has 2 aliphatic rings. The predicted octanol–water partition coefficient (Wildman–Crippen LogP) is 3.57. The predicted molar refractivity (Wildman–Crippen MR) is 135 cm³/mol. The lowest BCUT2D eigenvalue weighted by molar-refractivity contribution is 0.139. The van der Waals surface area contributed by atoms with Crippen LogP contribution < -0.4 is 10.2 Å². The lowest BCUT2D eigenvalue weighted by Crippen LogP contribution is -2.51. The molecule has 0 aliphatic carbocycles. The van der Waals surface area contributed by atoms with Crippen LogP contribution in [0.25, 0.3) is 5.70 Å². The first-order valence-electron chi connectivity index (χ1n) is 11.4. The molecule has 0 amide bonds. The number of nitriles is 1. The van der Waals surface area contributed by atoms with Crippen molar-refractivity contribution in [2.24, 2.45) is 5.41 Å². The first-order chi connectivity index (χ1) is 15.8. The fourth-order valence-electron chi connectivity index (χ4n) is 4.06. The van der Waals surface area contributed by atoms with Crippen LogP contribution in [0.5, 0.6) is 0 Å². The van der Waals surface area contributed by atoms with Crippen molar-refractivity contribution in [3.8, 4) is 6.07 Å². The van der Waals surface area contributed by atoms with Crippen molar-refractivity contribution < 1.29 is 0 Å². The number of thioether (sulfide) groups is 1. The van der Waals surface area contributed by atoms with E-state index in [2.05, 4.69) is 93.5 Å². The smallest absolute Gasteiger partial charge is 0.226 e. The summed E-state index contributed by atoms with van der Waals surface area (Å²) >= 11 is 1.86. The topological polar surface area (TPSA) is 71.3 Å². The van der Waals surface area contributed by atoms with E-state index in [-0.39, 0.29) is 5.41 Å². The van der Waals surface area contributed by atoms with E-state index >= 15 is 0 Å². The Morgan fingerprint density at radius 3 is 2.55 bits per heavy atom. The van der Waals surface area contributed by atoms with Gasteiger partial charge in [-0.25, -0.2) is 9.97 Å². The highest BCUT2D eigenvalue weighted by molar-refractivity contribution is 8.03. The zero-order chi connectivity index (χ0) is 23.4. The Kier molecular flexibility index (Phi) is 7.23. The summed E-state index contributed by atoms with van der Waals surface area (Å²) in [5.41, 5.74) is 4.36. The highest BCUT2D eigenvalue weighted by Crippen LogP contribution is 2.30. The summed E-state index contributed by atoms with van der Waals surface area (Å²) in [6, 6.07) is 12.5. The van der Waals surface area contributed by atoms with Crippen molar-refractivity contribution in [2.45, 2.75) is 32.8 Å². The number of likely N-dealkylation sites (N-methyl/N-ethyl adjacent to an activating group) is 1. The first-order valence-corrected chi connectivity index (χ1v) is 12.4. The molecule has 1 N–H and O–H groups in total. The summed E-state index contributed by atoms with van der Waals surface area (Å²) in [5.74, 6) is 0.597. The zero-order valence-electron chi connectivity index (χ0n) is 20.0. The van der Waals surface area contributed by atoms with Crippen LogP contribution in [0.15, 0.2) is 41.9 Å². The third kappa shape index (κ3) is 6.26. The van der Waals surface area contributed by atoms with E-state index in [0.29, 0.717) is 23.7 Å². The summed E-state index contributed by atoms with van der Waals surface area (Å²) in [5, 5.41) is 15.2. The Balaban J connectivity index is 1.42. The average molecular weight is 464 g/mol. The normalized spacial score (nSPS) is 19.6. The minimum absolute atomic E-state index is 0.0695. The van der Waals surface area contributed by atoms with Crippen LogP contribution in [-0.4, -0.2) is 65.0 Å². The van der Waals surface area contributed by atoms with Crippen LogP contribution in [0.3, 0.4) is 0 Å². The molecule has 1 saturated heterocycles. The van der Waals surface area contributed by atoms with Gasteiger partial charge in [0.05, 0.1) is 0 Å². The molecule has 8 heteroatoms.